The Balaban J connectivity index is 1.83. The standard InChI is InChI=1S/C16H18BrN3O2/c17-10-3-6-14-12(7-10)15(13(18)8-19-14)20-11-4-1-9(2-5-11)16(21)22/h3,6-9,11H,1-2,4-5,18H2,(H,19,20)(H,21,22)/t9-,11-. The van der Waals surface area contributed by atoms with Crippen LogP contribution in [0.1, 0.15) is 25.7 Å². The number of nitrogens with zero attached hydrogens (tertiary/aromatic N) is 1. The van der Waals surface area contributed by atoms with Crippen LogP contribution in [-0.4, -0.2) is 22.1 Å². The molecule has 0 saturated heterocycles. The average Bonchev–Trinajstić information content (AvgIpc) is 2.51. The van der Waals surface area contributed by atoms with E-state index in [0.717, 1.165) is 33.9 Å². The number of pyridine rings is 1. The largest absolute Gasteiger partial charge is 0.481 e. The number of nitrogen functional groups attached to an aromatic ring is 1. The van der Waals surface area contributed by atoms with Gasteiger partial charge in [-0.3, -0.25) is 9.78 Å². The molecule has 1 aromatic carbocycles. The van der Waals surface area contributed by atoms with Crippen LogP contribution >= 0.6 is 15.9 Å². The van der Waals surface area contributed by atoms with Crippen LogP contribution in [0, 0.1) is 5.92 Å². The molecule has 116 valence electrons. The molecule has 3 rings (SSSR count). The summed E-state index contributed by atoms with van der Waals surface area (Å²) >= 11 is 3.48. The number of aromatic nitrogens is 1. The molecule has 1 aliphatic rings. The number of carboxylic acid groups (broad SMARTS) is 1. The second kappa shape index (κ2) is 6.12. The first-order valence-electron chi connectivity index (χ1n) is 7.37. The molecular formula is C16H18BrN3O2. The van der Waals surface area contributed by atoms with Gasteiger partial charge in [-0.15, -0.1) is 0 Å². The molecule has 1 fully saturated rings. The number of aliphatic carboxylic acids is 1. The summed E-state index contributed by atoms with van der Waals surface area (Å²) in [6.45, 7) is 0. The number of benzene rings is 1. The molecule has 22 heavy (non-hydrogen) atoms. The van der Waals surface area contributed by atoms with Gasteiger partial charge in [-0.25, -0.2) is 0 Å². The summed E-state index contributed by atoms with van der Waals surface area (Å²) in [4.78, 5) is 15.4. The third kappa shape index (κ3) is 3.02. The molecule has 0 bridgehead atoms. The van der Waals surface area contributed by atoms with E-state index in [2.05, 4.69) is 26.2 Å². The van der Waals surface area contributed by atoms with E-state index in [0.29, 0.717) is 18.5 Å². The highest BCUT2D eigenvalue weighted by Gasteiger charge is 2.26. The SMILES string of the molecule is Nc1cnc2ccc(Br)cc2c1N[C@H]1CC[C@H](C(=O)O)CC1. The second-order valence-electron chi connectivity index (χ2n) is 5.78. The van der Waals surface area contributed by atoms with Crippen LogP contribution < -0.4 is 11.1 Å². The molecule has 1 saturated carbocycles. The van der Waals surface area contributed by atoms with Crippen molar-refractivity contribution in [1.29, 1.82) is 0 Å². The number of fused-ring (bicyclic) bond motifs is 1. The van der Waals surface area contributed by atoms with Crippen LogP contribution in [-0.2, 0) is 4.79 Å². The van der Waals surface area contributed by atoms with Crippen molar-refractivity contribution in [3.8, 4) is 0 Å². The zero-order valence-corrected chi connectivity index (χ0v) is 13.6. The number of nitrogens with two attached hydrogens (primary N) is 1. The molecule has 1 aliphatic carbocycles. The third-order valence-corrected chi connectivity index (χ3v) is 4.78. The molecule has 0 aliphatic heterocycles. The first-order chi connectivity index (χ1) is 10.5. The van der Waals surface area contributed by atoms with E-state index >= 15 is 0 Å². The van der Waals surface area contributed by atoms with Gasteiger partial charge in [0.1, 0.15) is 0 Å². The zero-order chi connectivity index (χ0) is 15.7. The van der Waals surface area contributed by atoms with Gasteiger partial charge >= 0.3 is 5.97 Å². The summed E-state index contributed by atoms with van der Waals surface area (Å²) in [6, 6.07) is 6.16. The van der Waals surface area contributed by atoms with Gasteiger partial charge in [-0.1, -0.05) is 15.9 Å². The summed E-state index contributed by atoms with van der Waals surface area (Å²) in [5.74, 6) is -0.894. The Labute approximate surface area is 137 Å². The normalized spacial score (nSPS) is 21.7. The molecule has 1 heterocycles. The molecule has 0 amide bonds. The molecule has 6 heteroatoms. The minimum atomic E-state index is -0.684. The molecule has 0 atom stereocenters. The van der Waals surface area contributed by atoms with E-state index in [1.54, 1.807) is 6.20 Å². The molecule has 4 N–H and O–H groups in total. The zero-order valence-electron chi connectivity index (χ0n) is 12.1. The van der Waals surface area contributed by atoms with E-state index in [1.165, 1.54) is 0 Å². The van der Waals surface area contributed by atoms with Gasteiger partial charge in [-0.2, -0.15) is 0 Å². The van der Waals surface area contributed by atoms with E-state index in [4.69, 9.17) is 10.8 Å². The quantitative estimate of drug-likeness (QED) is 0.774. The number of carbonyl (C=O) groups is 1. The Bertz CT molecular complexity index is 707. The van der Waals surface area contributed by atoms with Crippen molar-refractivity contribution in [1.82, 2.24) is 4.98 Å². The molecule has 2 aromatic rings. The topological polar surface area (TPSA) is 88.2 Å². The Hall–Kier alpha value is -1.82. The smallest absolute Gasteiger partial charge is 0.306 e. The van der Waals surface area contributed by atoms with E-state index in [9.17, 15) is 4.79 Å². The van der Waals surface area contributed by atoms with E-state index in [-0.39, 0.29) is 12.0 Å². The predicted molar refractivity (Wildman–Crippen MR) is 90.9 cm³/mol. The maximum absolute atomic E-state index is 11.0. The highest BCUT2D eigenvalue weighted by molar-refractivity contribution is 9.10. The van der Waals surface area contributed by atoms with Crippen LogP contribution in [0.3, 0.4) is 0 Å². The lowest BCUT2D eigenvalue weighted by molar-refractivity contribution is -0.142. The summed E-state index contributed by atoms with van der Waals surface area (Å²) in [5.41, 5.74) is 8.49. The summed E-state index contributed by atoms with van der Waals surface area (Å²) in [6.07, 6.45) is 4.77. The molecule has 1 aromatic heterocycles. The molecule has 0 radical (unpaired) electrons. The first kappa shape index (κ1) is 15.1. The minimum absolute atomic E-state index is 0.210. The maximum atomic E-state index is 11.0. The molecule has 0 unspecified atom stereocenters. The number of anilines is 2. The number of hydrogen-bond donors (Lipinski definition) is 3. The molecular weight excluding hydrogens is 346 g/mol. The van der Waals surface area contributed by atoms with Gasteiger partial charge in [0, 0.05) is 15.9 Å². The number of hydrogen-bond acceptors (Lipinski definition) is 4. The van der Waals surface area contributed by atoms with Crippen LogP contribution in [0.5, 0.6) is 0 Å². The Morgan fingerprint density at radius 2 is 2.05 bits per heavy atom. The maximum Gasteiger partial charge on any atom is 0.306 e. The fourth-order valence-electron chi connectivity index (χ4n) is 3.03. The predicted octanol–water partition coefficient (Wildman–Crippen LogP) is 3.63. The lowest BCUT2D eigenvalue weighted by Gasteiger charge is -2.28. The Kier molecular flexibility index (Phi) is 4.20. The van der Waals surface area contributed by atoms with Crippen molar-refractivity contribution < 1.29 is 9.90 Å². The van der Waals surface area contributed by atoms with Crippen LogP contribution in [0.4, 0.5) is 11.4 Å². The lowest BCUT2D eigenvalue weighted by atomic mass is 9.86. The number of carboxylic acids is 1. The van der Waals surface area contributed by atoms with Crippen molar-refractivity contribution >= 4 is 44.2 Å². The van der Waals surface area contributed by atoms with Gasteiger partial charge < -0.3 is 16.2 Å². The highest BCUT2D eigenvalue weighted by atomic mass is 79.9. The second-order valence-corrected chi connectivity index (χ2v) is 6.70. The number of nitrogens with one attached hydrogen (secondary N) is 1. The lowest BCUT2D eigenvalue weighted by Crippen LogP contribution is -2.29. The fraction of sp³-hybridized carbons (Fsp3) is 0.375. The Morgan fingerprint density at radius 1 is 1.32 bits per heavy atom. The minimum Gasteiger partial charge on any atom is -0.481 e. The monoisotopic (exact) mass is 363 g/mol. The fourth-order valence-corrected chi connectivity index (χ4v) is 3.39. The summed E-state index contributed by atoms with van der Waals surface area (Å²) < 4.78 is 0.977. The van der Waals surface area contributed by atoms with Crippen molar-refractivity contribution in [2.24, 2.45) is 5.92 Å². The van der Waals surface area contributed by atoms with Gasteiger partial charge in [0.2, 0.25) is 0 Å². The Morgan fingerprint density at radius 3 is 2.73 bits per heavy atom. The van der Waals surface area contributed by atoms with E-state index < -0.39 is 5.97 Å². The highest BCUT2D eigenvalue weighted by Crippen LogP contribution is 2.33. The number of rotatable bonds is 3. The van der Waals surface area contributed by atoms with Gasteiger partial charge in [0.25, 0.3) is 0 Å². The van der Waals surface area contributed by atoms with E-state index in [1.807, 2.05) is 18.2 Å². The first-order valence-corrected chi connectivity index (χ1v) is 8.17. The molecule has 0 spiro atoms. The van der Waals surface area contributed by atoms with Crippen molar-refractivity contribution in [3.63, 3.8) is 0 Å². The van der Waals surface area contributed by atoms with Gasteiger partial charge in [0.15, 0.2) is 0 Å². The van der Waals surface area contributed by atoms with Crippen LogP contribution in [0.2, 0.25) is 0 Å². The van der Waals surface area contributed by atoms with Crippen molar-refractivity contribution in [2.45, 2.75) is 31.7 Å². The number of halogens is 1. The molecule has 5 nitrogen and oxygen atoms in total. The van der Waals surface area contributed by atoms with Crippen LogP contribution in [0.15, 0.2) is 28.9 Å². The summed E-state index contributed by atoms with van der Waals surface area (Å²) in [7, 11) is 0. The van der Waals surface area contributed by atoms with Crippen molar-refractivity contribution in [3.05, 3.63) is 28.9 Å². The van der Waals surface area contributed by atoms with Crippen molar-refractivity contribution in [2.75, 3.05) is 11.1 Å². The third-order valence-electron chi connectivity index (χ3n) is 4.28. The van der Waals surface area contributed by atoms with Gasteiger partial charge in [0.05, 0.1) is 29.0 Å². The average molecular weight is 364 g/mol. The summed E-state index contributed by atoms with van der Waals surface area (Å²) in [5, 5.41) is 13.6. The van der Waals surface area contributed by atoms with Crippen LogP contribution in [0.25, 0.3) is 10.9 Å². The van der Waals surface area contributed by atoms with Gasteiger partial charge in [-0.05, 0) is 43.9 Å².